The molecule has 0 bridgehead atoms. The van der Waals surface area contributed by atoms with Crippen molar-refractivity contribution in [3.05, 3.63) is 40.5 Å². The van der Waals surface area contributed by atoms with E-state index >= 15 is 0 Å². The van der Waals surface area contributed by atoms with Crippen LogP contribution in [0.1, 0.15) is 28.7 Å². The molecule has 1 aromatic rings. The van der Waals surface area contributed by atoms with Gasteiger partial charge < -0.3 is 5.11 Å². The van der Waals surface area contributed by atoms with Crippen molar-refractivity contribution in [1.29, 1.82) is 0 Å². The van der Waals surface area contributed by atoms with Crippen molar-refractivity contribution in [2.24, 2.45) is 0 Å². The van der Waals surface area contributed by atoms with Crippen LogP contribution in [0.3, 0.4) is 0 Å². The molecule has 0 aliphatic carbocycles. The monoisotopic (exact) mass is 204 g/mol. The Hall–Kier alpha value is -1.57. The van der Waals surface area contributed by atoms with Gasteiger partial charge in [-0.2, -0.15) is 0 Å². The highest BCUT2D eigenvalue weighted by atomic mass is 16.4. The number of rotatable bonds is 3. The first kappa shape index (κ1) is 11.5. The summed E-state index contributed by atoms with van der Waals surface area (Å²) in [6.07, 6.45) is 3.63. The molecule has 1 rings (SSSR count). The molecule has 0 aromatic heterocycles. The second-order valence-electron chi connectivity index (χ2n) is 3.79. The number of carboxylic acid groups (broad SMARTS) is 1. The molecule has 0 unspecified atom stereocenters. The largest absolute Gasteiger partial charge is 0.481 e. The van der Waals surface area contributed by atoms with E-state index in [0.29, 0.717) is 0 Å². The third kappa shape index (κ3) is 3.24. The first-order valence-corrected chi connectivity index (χ1v) is 4.97. The topological polar surface area (TPSA) is 37.3 Å². The molecule has 1 N–H and O–H groups in total. The van der Waals surface area contributed by atoms with Crippen molar-refractivity contribution < 1.29 is 9.90 Å². The van der Waals surface area contributed by atoms with Crippen molar-refractivity contribution in [2.45, 2.75) is 27.2 Å². The molecule has 2 nitrogen and oxygen atoms in total. The Labute approximate surface area is 90.3 Å². The van der Waals surface area contributed by atoms with Gasteiger partial charge in [0, 0.05) is 0 Å². The minimum absolute atomic E-state index is 0.0758. The Balaban J connectivity index is 2.90. The van der Waals surface area contributed by atoms with Crippen LogP contribution in [-0.2, 0) is 4.79 Å². The van der Waals surface area contributed by atoms with Gasteiger partial charge in [-0.3, -0.25) is 4.79 Å². The van der Waals surface area contributed by atoms with Crippen LogP contribution in [0.2, 0.25) is 0 Å². The zero-order chi connectivity index (χ0) is 11.4. The summed E-state index contributed by atoms with van der Waals surface area (Å²) < 4.78 is 0. The van der Waals surface area contributed by atoms with Crippen LogP contribution >= 0.6 is 0 Å². The SMILES string of the molecule is Cc1cc(C)c(C=CCC(=O)O)cc1C. The smallest absolute Gasteiger partial charge is 0.307 e. The van der Waals surface area contributed by atoms with Crippen LogP contribution in [0.4, 0.5) is 0 Å². The molecule has 0 amide bonds. The maximum absolute atomic E-state index is 10.3. The Morgan fingerprint density at radius 1 is 1.20 bits per heavy atom. The standard InChI is InChI=1S/C13H16O2/c1-9-7-11(3)12(8-10(9)2)5-4-6-13(14)15/h4-5,7-8H,6H2,1-3H3,(H,14,15). The third-order valence-electron chi connectivity index (χ3n) is 2.47. The van der Waals surface area contributed by atoms with Crippen molar-refractivity contribution in [3.63, 3.8) is 0 Å². The first-order valence-electron chi connectivity index (χ1n) is 4.97. The highest BCUT2D eigenvalue weighted by Gasteiger charge is 1.98. The molecule has 2 heteroatoms. The molecule has 0 atom stereocenters. The summed E-state index contributed by atoms with van der Waals surface area (Å²) in [4.78, 5) is 10.3. The maximum Gasteiger partial charge on any atom is 0.307 e. The van der Waals surface area contributed by atoms with Gasteiger partial charge in [0.25, 0.3) is 0 Å². The predicted octanol–water partition coefficient (Wildman–Crippen LogP) is 3.10. The molecule has 0 heterocycles. The number of hydrogen-bond donors (Lipinski definition) is 1. The van der Waals surface area contributed by atoms with E-state index in [0.717, 1.165) is 5.56 Å². The lowest BCUT2D eigenvalue weighted by atomic mass is 10.0. The fourth-order valence-corrected chi connectivity index (χ4v) is 1.45. The van der Waals surface area contributed by atoms with E-state index in [1.54, 1.807) is 6.08 Å². The summed E-state index contributed by atoms with van der Waals surface area (Å²) in [6, 6.07) is 4.21. The van der Waals surface area contributed by atoms with Crippen LogP contribution in [-0.4, -0.2) is 11.1 Å². The fourth-order valence-electron chi connectivity index (χ4n) is 1.45. The molecule has 0 fully saturated rings. The molecule has 0 saturated carbocycles. The lowest BCUT2D eigenvalue weighted by Gasteiger charge is -2.05. The molecular formula is C13H16O2. The third-order valence-corrected chi connectivity index (χ3v) is 2.47. The second-order valence-corrected chi connectivity index (χ2v) is 3.79. The highest BCUT2D eigenvalue weighted by Crippen LogP contribution is 2.16. The summed E-state index contributed by atoms with van der Waals surface area (Å²) in [5.74, 6) is -0.798. The maximum atomic E-state index is 10.3. The fraction of sp³-hybridized carbons (Fsp3) is 0.308. The Bertz CT molecular complexity index is 403. The minimum Gasteiger partial charge on any atom is -0.481 e. The zero-order valence-corrected chi connectivity index (χ0v) is 9.37. The van der Waals surface area contributed by atoms with Gasteiger partial charge in [0.1, 0.15) is 0 Å². The van der Waals surface area contributed by atoms with Crippen LogP contribution < -0.4 is 0 Å². The van der Waals surface area contributed by atoms with Gasteiger partial charge in [-0.05, 0) is 43.0 Å². The second kappa shape index (κ2) is 4.78. The van der Waals surface area contributed by atoms with Gasteiger partial charge in [0.05, 0.1) is 6.42 Å². The molecule has 15 heavy (non-hydrogen) atoms. The minimum atomic E-state index is -0.798. The van der Waals surface area contributed by atoms with Crippen LogP contribution in [0, 0.1) is 20.8 Å². The van der Waals surface area contributed by atoms with Crippen molar-refractivity contribution in [1.82, 2.24) is 0 Å². The van der Waals surface area contributed by atoms with E-state index in [1.807, 2.05) is 13.0 Å². The van der Waals surface area contributed by atoms with Gasteiger partial charge in [-0.1, -0.05) is 24.3 Å². The van der Waals surface area contributed by atoms with Crippen molar-refractivity contribution in [2.75, 3.05) is 0 Å². The Morgan fingerprint density at radius 2 is 1.80 bits per heavy atom. The zero-order valence-electron chi connectivity index (χ0n) is 9.37. The Kier molecular flexibility index (Phi) is 3.67. The van der Waals surface area contributed by atoms with E-state index in [-0.39, 0.29) is 6.42 Å². The lowest BCUT2D eigenvalue weighted by molar-refractivity contribution is -0.135. The number of carboxylic acids is 1. The lowest BCUT2D eigenvalue weighted by Crippen LogP contribution is -1.91. The van der Waals surface area contributed by atoms with E-state index in [2.05, 4.69) is 26.0 Å². The molecule has 0 saturated heterocycles. The van der Waals surface area contributed by atoms with Crippen LogP contribution in [0.25, 0.3) is 6.08 Å². The molecule has 0 spiro atoms. The quantitative estimate of drug-likeness (QED) is 0.821. The summed E-state index contributed by atoms with van der Waals surface area (Å²) in [7, 11) is 0. The molecular weight excluding hydrogens is 188 g/mol. The van der Waals surface area contributed by atoms with Gasteiger partial charge in [-0.15, -0.1) is 0 Å². The van der Waals surface area contributed by atoms with Gasteiger partial charge in [0.2, 0.25) is 0 Å². The summed E-state index contributed by atoms with van der Waals surface area (Å²) in [5.41, 5.74) is 4.78. The average molecular weight is 204 g/mol. The molecule has 0 aliphatic heterocycles. The van der Waals surface area contributed by atoms with Crippen molar-refractivity contribution >= 4 is 12.0 Å². The number of aryl methyl sites for hydroxylation is 3. The molecule has 0 aliphatic rings. The number of benzene rings is 1. The Morgan fingerprint density at radius 3 is 2.40 bits per heavy atom. The normalized spacial score (nSPS) is 10.9. The van der Waals surface area contributed by atoms with E-state index in [9.17, 15) is 4.79 Å². The highest BCUT2D eigenvalue weighted by molar-refractivity contribution is 5.70. The van der Waals surface area contributed by atoms with Gasteiger partial charge in [-0.25, -0.2) is 0 Å². The molecule has 1 aromatic carbocycles. The van der Waals surface area contributed by atoms with E-state index < -0.39 is 5.97 Å². The van der Waals surface area contributed by atoms with Crippen molar-refractivity contribution in [3.8, 4) is 0 Å². The number of carbonyl (C=O) groups is 1. The van der Waals surface area contributed by atoms with Gasteiger partial charge in [0.15, 0.2) is 0 Å². The molecule has 80 valence electrons. The molecule has 0 radical (unpaired) electrons. The number of aliphatic carboxylic acids is 1. The summed E-state index contributed by atoms with van der Waals surface area (Å²) in [5, 5.41) is 8.51. The van der Waals surface area contributed by atoms with E-state index in [1.165, 1.54) is 16.7 Å². The van der Waals surface area contributed by atoms with Crippen LogP contribution in [0.15, 0.2) is 18.2 Å². The van der Waals surface area contributed by atoms with Gasteiger partial charge >= 0.3 is 5.97 Å². The number of hydrogen-bond acceptors (Lipinski definition) is 1. The average Bonchev–Trinajstić information content (AvgIpc) is 2.13. The first-order chi connectivity index (χ1) is 7.00. The summed E-state index contributed by atoms with van der Waals surface area (Å²) >= 11 is 0. The van der Waals surface area contributed by atoms with E-state index in [4.69, 9.17) is 5.11 Å². The predicted molar refractivity (Wildman–Crippen MR) is 61.9 cm³/mol. The van der Waals surface area contributed by atoms with Crippen LogP contribution in [0.5, 0.6) is 0 Å². The summed E-state index contributed by atoms with van der Waals surface area (Å²) in [6.45, 7) is 6.17.